The molecule has 0 aromatic carbocycles. The van der Waals surface area contributed by atoms with Gasteiger partial charge in [0, 0.05) is 12.4 Å². The van der Waals surface area contributed by atoms with Crippen molar-refractivity contribution in [2.24, 2.45) is 5.92 Å². The summed E-state index contributed by atoms with van der Waals surface area (Å²) in [6.45, 7) is 0. The maximum atomic E-state index is 9.86. The Morgan fingerprint density at radius 1 is 1.40 bits per heavy atom. The predicted molar refractivity (Wildman–Crippen MR) is 60.9 cm³/mol. The molecule has 1 heterocycles. The molecule has 0 spiro atoms. The molecule has 2 rings (SSSR count). The minimum Gasteiger partial charge on any atom is -0.393 e. The number of rotatable bonds is 2. The van der Waals surface area contributed by atoms with Gasteiger partial charge in [-0.1, -0.05) is 24.4 Å². The largest absolute Gasteiger partial charge is 0.393 e. The molecule has 1 saturated carbocycles. The number of hydrogen-bond donors (Lipinski definition) is 1. The first kappa shape index (κ1) is 10.9. The number of aromatic nitrogens is 1. The number of aliphatic hydroxyl groups excluding tert-OH is 1. The van der Waals surface area contributed by atoms with Crippen molar-refractivity contribution in [2.45, 2.75) is 38.2 Å². The average molecular weight is 226 g/mol. The third-order valence-electron chi connectivity index (χ3n) is 3.21. The van der Waals surface area contributed by atoms with Crippen LogP contribution >= 0.6 is 11.6 Å². The Bertz CT molecular complexity index is 329. The summed E-state index contributed by atoms with van der Waals surface area (Å²) in [7, 11) is 0. The van der Waals surface area contributed by atoms with Crippen LogP contribution in [0.25, 0.3) is 0 Å². The van der Waals surface area contributed by atoms with Gasteiger partial charge in [-0.15, -0.1) is 0 Å². The fourth-order valence-electron chi connectivity index (χ4n) is 2.28. The van der Waals surface area contributed by atoms with Crippen LogP contribution in [0.15, 0.2) is 18.5 Å². The van der Waals surface area contributed by atoms with Crippen LogP contribution in [0.3, 0.4) is 0 Å². The molecule has 15 heavy (non-hydrogen) atoms. The summed E-state index contributed by atoms with van der Waals surface area (Å²) in [6.07, 6.45) is 8.59. The van der Waals surface area contributed by atoms with E-state index in [4.69, 9.17) is 11.6 Å². The molecule has 0 bridgehead atoms. The third-order valence-corrected chi connectivity index (χ3v) is 3.55. The van der Waals surface area contributed by atoms with Crippen LogP contribution in [0.2, 0.25) is 5.02 Å². The van der Waals surface area contributed by atoms with Gasteiger partial charge in [0.1, 0.15) is 0 Å². The van der Waals surface area contributed by atoms with Crippen molar-refractivity contribution in [2.75, 3.05) is 0 Å². The fourth-order valence-corrected chi connectivity index (χ4v) is 2.47. The van der Waals surface area contributed by atoms with Crippen molar-refractivity contribution >= 4 is 11.6 Å². The number of halogens is 1. The molecule has 1 aliphatic rings. The Morgan fingerprint density at radius 3 is 2.93 bits per heavy atom. The third kappa shape index (κ3) is 2.70. The summed E-state index contributed by atoms with van der Waals surface area (Å²) < 4.78 is 0. The normalized spacial score (nSPS) is 26.5. The Morgan fingerprint density at radius 2 is 2.20 bits per heavy atom. The fraction of sp³-hybridized carbons (Fsp3) is 0.583. The van der Waals surface area contributed by atoms with Gasteiger partial charge in [0.05, 0.1) is 11.1 Å². The average Bonchev–Trinajstić information content (AvgIpc) is 2.24. The molecule has 0 radical (unpaired) electrons. The Labute approximate surface area is 95.3 Å². The van der Waals surface area contributed by atoms with Crippen LogP contribution in [0, 0.1) is 5.92 Å². The summed E-state index contributed by atoms with van der Waals surface area (Å²) in [6, 6.07) is 1.95. The van der Waals surface area contributed by atoms with Crippen LogP contribution in [0.5, 0.6) is 0 Å². The summed E-state index contributed by atoms with van der Waals surface area (Å²) in [5.74, 6) is 0.374. The van der Waals surface area contributed by atoms with E-state index < -0.39 is 0 Å². The second-order valence-corrected chi connectivity index (χ2v) is 4.69. The van der Waals surface area contributed by atoms with Crippen molar-refractivity contribution < 1.29 is 5.11 Å². The van der Waals surface area contributed by atoms with Crippen molar-refractivity contribution in [1.82, 2.24) is 4.98 Å². The van der Waals surface area contributed by atoms with E-state index in [0.29, 0.717) is 5.92 Å². The van der Waals surface area contributed by atoms with Gasteiger partial charge in [-0.25, -0.2) is 0 Å². The molecule has 1 aromatic heterocycles. The van der Waals surface area contributed by atoms with Crippen molar-refractivity contribution in [1.29, 1.82) is 0 Å². The number of nitrogens with zero attached hydrogens (tertiary/aromatic N) is 1. The van der Waals surface area contributed by atoms with E-state index in [2.05, 4.69) is 4.98 Å². The smallest absolute Gasteiger partial charge is 0.0621 e. The molecule has 3 heteroatoms. The van der Waals surface area contributed by atoms with Gasteiger partial charge in [-0.05, 0) is 36.8 Å². The highest BCUT2D eigenvalue weighted by Gasteiger charge is 2.23. The van der Waals surface area contributed by atoms with Crippen LogP contribution in [0.4, 0.5) is 0 Å². The zero-order valence-corrected chi connectivity index (χ0v) is 9.45. The van der Waals surface area contributed by atoms with E-state index in [1.807, 2.05) is 6.07 Å². The van der Waals surface area contributed by atoms with Crippen molar-refractivity contribution in [3.8, 4) is 0 Å². The van der Waals surface area contributed by atoms with Gasteiger partial charge in [0.15, 0.2) is 0 Å². The zero-order chi connectivity index (χ0) is 10.7. The summed E-state index contributed by atoms with van der Waals surface area (Å²) in [5, 5.41) is 10.6. The van der Waals surface area contributed by atoms with Gasteiger partial charge in [0.2, 0.25) is 0 Å². The van der Waals surface area contributed by atoms with E-state index >= 15 is 0 Å². The molecule has 0 saturated heterocycles. The summed E-state index contributed by atoms with van der Waals surface area (Å²) >= 11 is 6.05. The van der Waals surface area contributed by atoms with Gasteiger partial charge >= 0.3 is 0 Å². The molecule has 1 fully saturated rings. The molecule has 2 atom stereocenters. The minimum absolute atomic E-state index is 0.150. The molecule has 82 valence electrons. The minimum atomic E-state index is -0.150. The molecular formula is C12H16ClNO. The standard InChI is InChI=1S/C12H16ClNO/c13-11-8-14-6-5-9(11)7-10-3-1-2-4-12(10)15/h5-6,8,10,12,15H,1-4,7H2. The van der Waals surface area contributed by atoms with Gasteiger partial charge in [0.25, 0.3) is 0 Å². The van der Waals surface area contributed by atoms with Crippen molar-refractivity contribution in [3.63, 3.8) is 0 Å². The van der Waals surface area contributed by atoms with Gasteiger partial charge < -0.3 is 5.11 Å². The predicted octanol–water partition coefficient (Wildman–Crippen LogP) is 2.83. The van der Waals surface area contributed by atoms with Crippen LogP contribution < -0.4 is 0 Å². The summed E-state index contributed by atoms with van der Waals surface area (Å²) in [5.41, 5.74) is 1.11. The SMILES string of the molecule is OC1CCCCC1Cc1ccncc1Cl. The Hall–Kier alpha value is -0.600. The second-order valence-electron chi connectivity index (χ2n) is 4.28. The van der Waals surface area contributed by atoms with E-state index in [0.717, 1.165) is 36.3 Å². The van der Waals surface area contributed by atoms with E-state index in [9.17, 15) is 5.11 Å². The lowest BCUT2D eigenvalue weighted by atomic mass is 9.83. The first-order valence-corrected chi connectivity index (χ1v) is 5.91. The maximum Gasteiger partial charge on any atom is 0.0621 e. The summed E-state index contributed by atoms with van der Waals surface area (Å²) in [4.78, 5) is 3.96. The molecule has 0 amide bonds. The molecule has 2 unspecified atom stereocenters. The molecule has 2 nitrogen and oxygen atoms in total. The Balaban J connectivity index is 2.04. The first-order chi connectivity index (χ1) is 7.27. The highest BCUT2D eigenvalue weighted by molar-refractivity contribution is 6.31. The maximum absolute atomic E-state index is 9.86. The zero-order valence-electron chi connectivity index (χ0n) is 8.69. The van der Waals surface area contributed by atoms with Gasteiger partial charge in [-0.2, -0.15) is 0 Å². The Kier molecular flexibility index (Phi) is 3.60. The molecule has 1 aliphatic carbocycles. The lowest BCUT2D eigenvalue weighted by Crippen LogP contribution is -2.26. The topological polar surface area (TPSA) is 33.1 Å². The van der Waals surface area contributed by atoms with E-state index in [-0.39, 0.29) is 6.10 Å². The molecule has 1 N–H and O–H groups in total. The van der Waals surface area contributed by atoms with Gasteiger partial charge in [-0.3, -0.25) is 4.98 Å². The van der Waals surface area contributed by atoms with E-state index in [1.54, 1.807) is 12.4 Å². The van der Waals surface area contributed by atoms with E-state index in [1.165, 1.54) is 6.42 Å². The number of pyridine rings is 1. The molecular weight excluding hydrogens is 210 g/mol. The first-order valence-electron chi connectivity index (χ1n) is 5.54. The number of hydrogen-bond acceptors (Lipinski definition) is 2. The molecule has 1 aromatic rings. The molecule has 0 aliphatic heterocycles. The second kappa shape index (κ2) is 4.95. The van der Waals surface area contributed by atoms with Crippen LogP contribution in [-0.2, 0) is 6.42 Å². The quantitative estimate of drug-likeness (QED) is 0.840. The monoisotopic (exact) mass is 225 g/mol. The number of aliphatic hydroxyl groups is 1. The van der Waals surface area contributed by atoms with Crippen LogP contribution in [0.1, 0.15) is 31.2 Å². The van der Waals surface area contributed by atoms with Crippen LogP contribution in [-0.4, -0.2) is 16.2 Å². The highest BCUT2D eigenvalue weighted by atomic mass is 35.5. The lowest BCUT2D eigenvalue weighted by Gasteiger charge is -2.27. The van der Waals surface area contributed by atoms with Crippen molar-refractivity contribution in [3.05, 3.63) is 29.0 Å². The lowest BCUT2D eigenvalue weighted by molar-refractivity contribution is 0.0700. The highest BCUT2D eigenvalue weighted by Crippen LogP contribution is 2.29.